The normalized spacial score (nSPS) is 16.1. The van der Waals surface area contributed by atoms with Crippen LogP contribution in [0.3, 0.4) is 0 Å². The summed E-state index contributed by atoms with van der Waals surface area (Å²) in [5.41, 5.74) is 3.94. The van der Waals surface area contributed by atoms with Gasteiger partial charge in [-0.2, -0.15) is 0 Å². The number of rotatable bonds is 5. The highest BCUT2D eigenvalue weighted by Gasteiger charge is 2.23. The molecule has 0 bridgehead atoms. The molecule has 4 heterocycles. The van der Waals surface area contributed by atoms with E-state index in [0.717, 1.165) is 35.5 Å². The molecule has 0 saturated carbocycles. The second kappa shape index (κ2) is 9.86. The number of likely N-dealkylation sites (tertiary alicyclic amines) is 1. The van der Waals surface area contributed by atoms with E-state index in [1.165, 1.54) is 0 Å². The summed E-state index contributed by atoms with van der Waals surface area (Å²) in [5.74, 6) is 0.990. The van der Waals surface area contributed by atoms with E-state index in [9.17, 15) is 9.59 Å². The Morgan fingerprint density at radius 2 is 2.09 bits per heavy atom. The van der Waals surface area contributed by atoms with Crippen LogP contribution in [0, 0.1) is 0 Å². The molecule has 1 fully saturated rings. The number of urea groups is 1. The number of pyridine rings is 2. The van der Waals surface area contributed by atoms with E-state index in [0.29, 0.717) is 47.5 Å². The molecule has 0 unspecified atom stereocenters. The van der Waals surface area contributed by atoms with Crippen molar-refractivity contribution in [1.29, 1.82) is 0 Å². The maximum Gasteiger partial charge on any atom is 0.321 e. The molecule has 3 aromatic rings. The average Bonchev–Trinajstić information content (AvgIpc) is 2.87. The minimum Gasteiger partial charge on any atom is -0.481 e. The van der Waals surface area contributed by atoms with Gasteiger partial charge in [-0.25, -0.2) is 9.78 Å². The van der Waals surface area contributed by atoms with Crippen LogP contribution in [0.2, 0.25) is 0 Å². The number of benzene rings is 1. The zero-order chi connectivity index (χ0) is 23.5. The van der Waals surface area contributed by atoms with Gasteiger partial charge in [-0.3, -0.25) is 9.78 Å². The molecule has 10 heteroatoms. The van der Waals surface area contributed by atoms with E-state index in [1.807, 2.05) is 17.0 Å². The summed E-state index contributed by atoms with van der Waals surface area (Å²) >= 11 is 1.57. The predicted octanol–water partition coefficient (Wildman–Crippen LogP) is 3.47. The van der Waals surface area contributed by atoms with Crippen molar-refractivity contribution in [3.8, 4) is 5.88 Å². The number of hydrogen-bond acceptors (Lipinski definition) is 7. The van der Waals surface area contributed by atoms with Crippen LogP contribution in [0.25, 0.3) is 11.0 Å². The molecular formula is C24H26N6O3S. The first-order valence-electron chi connectivity index (χ1n) is 11.2. The van der Waals surface area contributed by atoms with Crippen molar-refractivity contribution < 1.29 is 14.3 Å². The Morgan fingerprint density at radius 1 is 1.24 bits per heavy atom. The van der Waals surface area contributed by atoms with Crippen LogP contribution >= 0.6 is 11.8 Å². The van der Waals surface area contributed by atoms with Gasteiger partial charge in [-0.15, -0.1) is 11.8 Å². The third-order valence-electron chi connectivity index (χ3n) is 6.06. The summed E-state index contributed by atoms with van der Waals surface area (Å²) in [4.78, 5) is 36.2. The van der Waals surface area contributed by atoms with E-state index in [-0.39, 0.29) is 11.9 Å². The van der Waals surface area contributed by atoms with Crippen molar-refractivity contribution >= 4 is 46.1 Å². The van der Waals surface area contributed by atoms with Gasteiger partial charge in [0, 0.05) is 42.8 Å². The lowest BCUT2D eigenvalue weighted by Gasteiger charge is -2.32. The fraction of sp³-hybridized carbons (Fsp3) is 0.333. The number of hydrogen-bond donors (Lipinski definition) is 3. The third kappa shape index (κ3) is 4.92. The summed E-state index contributed by atoms with van der Waals surface area (Å²) in [5, 5.41) is 9.51. The first kappa shape index (κ1) is 22.4. The van der Waals surface area contributed by atoms with E-state index >= 15 is 0 Å². The fourth-order valence-electron chi connectivity index (χ4n) is 4.21. The van der Waals surface area contributed by atoms with Crippen LogP contribution in [-0.2, 0) is 11.3 Å². The summed E-state index contributed by atoms with van der Waals surface area (Å²) in [6.07, 6.45) is 3.40. The van der Waals surface area contributed by atoms with E-state index in [2.05, 4.69) is 38.1 Å². The molecule has 9 nitrogen and oxygen atoms in total. The van der Waals surface area contributed by atoms with Crippen molar-refractivity contribution in [2.45, 2.75) is 30.3 Å². The lowest BCUT2D eigenvalue weighted by Crippen LogP contribution is -2.46. The van der Waals surface area contributed by atoms with Gasteiger partial charge in [-0.1, -0.05) is 6.07 Å². The van der Waals surface area contributed by atoms with Crippen molar-refractivity contribution in [2.24, 2.45) is 0 Å². The molecule has 5 rings (SSSR count). The summed E-state index contributed by atoms with van der Waals surface area (Å²) < 4.78 is 5.21. The third-order valence-corrected chi connectivity index (χ3v) is 7.14. The molecule has 2 aromatic heterocycles. The number of piperidine rings is 1. The number of carbonyl (C=O) groups is 2. The Balaban J connectivity index is 1.14. The zero-order valence-corrected chi connectivity index (χ0v) is 19.7. The van der Waals surface area contributed by atoms with Crippen LogP contribution < -0.4 is 20.7 Å². The predicted molar refractivity (Wildman–Crippen MR) is 132 cm³/mol. The standard InChI is InChI=1S/C24H26N6O3S/c1-33-22-5-3-17-23(29-22)18(6-9-25-17)28-24(32)30-10-7-16(8-11-30)26-13-15-2-4-20-19(12-15)27-21(31)14-34-20/h2-6,9,12,16,26H,7-8,10-11,13-14H2,1H3,(H,27,31)(H,25,28,32). The second-order valence-electron chi connectivity index (χ2n) is 8.32. The number of anilines is 2. The first-order valence-corrected chi connectivity index (χ1v) is 12.2. The maximum atomic E-state index is 12.9. The van der Waals surface area contributed by atoms with Crippen LogP contribution in [0.1, 0.15) is 18.4 Å². The Bertz CT molecular complexity index is 1230. The molecule has 3 amide bonds. The van der Waals surface area contributed by atoms with Crippen LogP contribution in [-0.4, -0.2) is 58.8 Å². The number of fused-ring (bicyclic) bond motifs is 2. The molecule has 0 atom stereocenters. The number of amides is 3. The van der Waals surface area contributed by atoms with E-state index in [1.54, 1.807) is 37.2 Å². The summed E-state index contributed by atoms with van der Waals surface area (Å²) in [6.45, 7) is 2.06. The molecule has 0 spiro atoms. The minimum atomic E-state index is -0.140. The van der Waals surface area contributed by atoms with Crippen molar-refractivity contribution in [3.05, 3.63) is 48.2 Å². The molecule has 0 radical (unpaired) electrons. The summed E-state index contributed by atoms with van der Waals surface area (Å²) in [6, 6.07) is 11.7. The first-order chi connectivity index (χ1) is 16.6. The second-order valence-corrected chi connectivity index (χ2v) is 9.34. The van der Waals surface area contributed by atoms with Crippen LogP contribution in [0.15, 0.2) is 47.5 Å². The van der Waals surface area contributed by atoms with Crippen LogP contribution in [0.5, 0.6) is 5.88 Å². The van der Waals surface area contributed by atoms with Crippen molar-refractivity contribution in [3.63, 3.8) is 0 Å². The van der Waals surface area contributed by atoms with Gasteiger partial charge in [-0.05, 0) is 42.7 Å². The van der Waals surface area contributed by atoms with Crippen molar-refractivity contribution in [1.82, 2.24) is 20.2 Å². The number of carbonyl (C=O) groups excluding carboxylic acids is 2. The highest BCUT2D eigenvalue weighted by atomic mass is 32.2. The lowest BCUT2D eigenvalue weighted by molar-refractivity contribution is -0.113. The zero-order valence-electron chi connectivity index (χ0n) is 18.8. The molecular weight excluding hydrogens is 452 g/mol. The van der Waals surface area contributed by atoms with Gasteiger partial charge in [0.2, 0.25) is 11.8 Å². The SMILES string of the molecule is COc1ccc2nccc(NC(=O)N3CCC(NCc4ccc5c(c4)NC(=O)CS5)CC3)c2n1. The number of nitrogens with one attached hydrogen (secondary N) is 3. The maximum absolute atomic E-state index is 12.9. The molecule has 2 aliphatic rings. The highest BCUT2D eigenvalue weighted by molar-refractivity contribution is 8.00. The van der Waals surface area contributed by atoms with Gasteiger partial charge < -0.3 is 25.6 Å². The molecule has 3 N–H and O–H groups in total. The number of ether oxygens (including phenoxy) is 1. The Morgan fingerprint density at radius 3 is 2.91 bits per heavy atom. The Labute approximate surface area is 201 Å². The fourth-order valence-corrected chi connectivity index (χ4v) is 4.99. The molecule has 1 saturated heterocycles. The Kier molecular flexibility index (Phi) is 6.50. The van der Waals surface area contributed by atoms with E-state index in [4.69, 9.17) is 4.74 Å². The molecule has 2 aliphatic heterocycles. The minimum absolute atomic E-state index is 0.0444. The topological polar surface area (TPSA) is 108 Å². The average molecular weight is 479 g/mol. The van der Waals surface area contributed by atoms with Crippen molar-refractivity contribution in [2.75, 3.05) is 36.6 Å². The van der Waals surface area contributed by atoms with Gasteiger partial charge in [0.1, 0.15) is 5.52 Å². The quantitative estimate of drug-likeness (QED) is 0.515. The van der Waals surface area contributed by atoms with Crippen LogP contribution in [0.4, 0.5) is 16.2 Å². The molecule has 0 aliphatic carbocycles. The van der Waals surface area contributed by atoms with Gasteiger partial charge in [0.05, 0.1) is 29.8 Å². The van der Waals surface area contributed by atoms with Gasteiger partial charge in [0.25, 0.3) is 0 Å². The number of methoxy groups -OCH3 is 1. The Hall–Kier alpha value is -3.37. The largest absolute Gasteiger partial charge is 0.481 e. The molecule has 176 valence electrons. The van der Waals surface area contributed by atoms with Gasteiger partial charge >= 0.3 is 6.03 Å². The van der Waals surface area contributed by atoms with E-state index < -0.39 is 0 Å². The van der Waals surface area contributed by atoms with Gasteiger partial charge in [0.15, 0.2) is 0 Å². The molecule has 1 aromatic carbocycles. The monoisotopic (exact) mass is 478 g/mol. The smallest absolute Gasteiger partial charge is 0.321 e. The summed E-state index contributed by atoms with van der Waals surface area (Å²) in [7, 11) is 1.56. The number of thioether (sulfide) groups is 1. The lowest BCUT2D eigenvalue weighted by atomic mass is 10.0. The highest BCUT2D eigenvalue weighted by Crippen LogP contribution is 2.32. The molecule has 34 heavy (non-hydrogen) atoms. The number of nitrogens with zero attached hydrogens (tertiary/aromatic N) is 3. The number of aromatic nitrogens is 2.